The van der Waals surface area contributed by atoms with E-state index in [1.165, 1.54) is 12.1 Å². The molecule has 0 saturated carbocycles. The van der Waals surface area contributed by atoms with Gasteiger partial charge in [-0.2, -0.15) is 4.52 Å². The maximum atomic E-state index is 13.7. The number of fused-ring (bicyclic) bond motifs is 3. The molecule has 1 atom stereocenters. The second-order valence-electron chi connectivity index (χ2n) is 9.13. The molecule has 4 aromatic heterocycles. The van der Waals surface area contributed by atoms with E-state index in [1.54, 1.807) is 29.2 Å². The van der Waals surface area contributed by atoms with Gasteiger partial charge >= 0.3 is 0 Å². The minimum Gasteiger partial charge on any atom is -0.336 e. The number of nitrogens with zero attached hydrogens (tertiary/aromatic N) is 9. The van der Waals surface area contributed by atoms with Crippen molar-refractivity contribution in [3.63, 3.8) is 0 Å². The molecule has 0 amide bonds. The number of aromatic nitrogens is 9. The lowest BCUT2D eigenvalue weighted by atomic mass is 9.98. The van der Waals surface area contributed by atoms with Gasteiger partial charge in [0.2, 0.25) is 0 Å². The van der Waals surface area contributed by atoms with Gasteiger partial charge in [0.25, 0.3) is 5.78 Å². The first-order chi connectivity index (χ1) is 19.1. The van der Waals surface area contributed by atoms with Crippen LogP contribution in [0.2, 0.25) is 5.02 Å². The third kappa shape index (κ3) is 3.93. The Bertz CT molecular complexity index is 1970. The van der Waals surface area contributed by atoms with Crippen molar-refractivity contribution in [2.24, 2.45) is 7.05 Å². The highest BCUT2D eigenvalue weighted by atomic mass is 35.5. The van der Waals surface area contributed by atoms with Crippen molar-refractivity contribution in [3.8, 4) is 22.6 Å². The fraction of sp³-hybridized carbons (Fsp3) is 0.0714. The van der Waals surface area contributed by atoms with Gasteiger partial charge in [-0.1, -0.05) is 34.9 Å². The van der Waals surface area contributed by atoms with Crippen molar-refractivity contribution in [1.29, 1.82) is 0 Å². The Morgan fingerprint density at radius 1 is 0.974 bits per heavy atom. The second-order valence-corrected chi connectivity index (χ2v) is 9.57. The van der Waals surface area contributed by atoms with Gasteiger partial charge < -0.3 is 9.13 Å². The second kappa shape index (κ2) is 9.10. The smallest absolute Gasteiger partial charge is 0.274 e. The monoisotopic (exact) mass is 535 g/mol. The minimum absolute atomic E-state index is 0.301. The molecular formula is C28H19ClFN9. The molecule has 0 spiro atoms. The number of aryl methyl sites for hydroxylation is 1. The molecule has 190 valence electrons. The van der Waals surface area contributed by atoms with Crippen LogP contribution in [-0.4, -0.2) is 44.1 Å². The maximum absolute atomic E-state index is 13.7. The summed E-state index contributed by atoms with van der Waals surface area (Å²) in [4.78, 5) is 13.8. The Labute approximate surface area is 226 Å². The summed E-state index contributed by atoms with van der Waals surface area (Å²) in [5.41, 5.74) is 5.07. The number of benzene rings is 3. The van der Waals surface area contributed by atoms with Crippen molar-refractivity contribution < 1.29 is 4.39 Å². The third-order valence-electron chi connectivity index (χ3n) is 6.77. The first-order valence-corrected chi connectivity index (χ1v) is 12.5. The Morgan fingerprint density at radius 2 is 1.85 bits per heavy atom. The average Bonchev–Trinajstić information content (AvgIpc) is 3.71. The highest BCUT2D eigenvalue weighted by molar-refractivity contribution is 6.30. The zero-order valence-corrected chi connectivity index (χ0v) is 21.3. The van der Waals surface area contributed by atoms with Crippen LogP contribution >= 0.6 is 11.6 Å². The van der Waals surface area contributed by atoms with Crippen LogP contribution in [0.15, 0.2) is 91.6 Å². The van der Waals surface area contributed by atoms with Crippen molar-refractivity contribution in [2.75, 3.05) is 0 Å². The van der Waals surface area contributed by atoms with E-state index in [0.717, 1.165) is 33.3 Å². The van der Waals surface area contributed by atoms with Crippen molar-refractivity contribution in [3.05, 3.63) is 114 Å². The van der Waals surface area contributed by atoms with Crippen LogP contribution in [0.25, 0.3) is 39.3 Å². The van der Waals surface area contributed by atoms with Crippen LogP contribution in [-0.2, 0) is 7.05 Å². The summed E-state index contributed by atoms with van der Waals surface area (Å²) in [6.07, 6.45) is 7.26. The third-order valence-corrected chi connectivity index (χ3v) is 7.00. The van der Waals surface area contributed by atoms with Gasteiger partial charge in [0.1, 0.15) is 17.7 Å². The summed E-state index contributed by atoms with van der Waals surface area (Å²) in [5, 5.41) is 13.5. The van der Waals surface area contributed by atoms with Gasteiger partial charge in [0, 0.05) is 41.0 Å². The zero-order valence-electron chi connectivity index (χ0n) is 20.5. The fourth-order valence-electron chi connectivity index (χ4n) is 4.97. The molecule has 0 aliphatic heterocycles. The maximum Gasteiger partial charge on any atom is 0.274 e. The van der Waals surface area contributed by atoms with E-state index in [-0.39, 0.29) is 11.9 Å². The van der Waals surface area contributed by atoms with Gasteiger partial charge in [0.15, 0.2) is 0 Å². The molecule has 0 saturated heterocycles. The summed E-state index contributed by atoms with van der Waals surface area (Å²) in [5.74, 6) is 0.788. The molecule has 11 heteroatoms. The van der Waals surface area contributed by atoms with E-state index in [4.69, 9.17) is 16.6 Å². The molecule has 7 aromatic rings. The Morgan fingerprint density at radius 3 is 2.64 bits per heavy atom. The number of hydrogen-bond acceptors (Lipinski definition) is 6. The van der Waals surface area contributed by atoms with E-state index in [0.29, 0.717) is 22.3 Å². The molecule has 3 aromatic carbocycles. The predicted octanol–water partition coefficient (Wildman–Crippen LogP) is 5.37. The summed E-state index contributed by atoms with van der Waals surface area (Å²) >= 11 is 6.35. The topological polar surface area (TPSA) is 91.6 Å². The molecule has 7 rings (SSSR count). The highest BCUT2D eigenvalue weighted by Crippen LogP contribution is 2.35. The van der Waals surface area contributed by atoms with Crippen molar-refractivity contribution >= 4 is 28.3 Å². The van der Waals surface area contributed by atoms with Gasteiger partial charge in [0.05, 0.1) is 29.4 Å². The van der Waals surface area contributed by atoms with E-state index in [9.17, 15) is 4.39 Å². The average molecular weight is 536 g/mol. The van der Waals surface area contributed by atoms with Gasteiger partial charge in [-0.05, 0) is 64.5 Å². The SMILES string of the molecule is Cn1cncc1C(c1ccc2c(c1)c(-c1cccc(Cl)c1)nc1nnnn12)n1ccnc1-c1ccc(F)cc1. The number of tetrazole rings is 1. The largest absolute Gasteiger partial charge is 0.336 e. The highest BCUT2D eigenvalue weighted by Gasteiger charge is 2.24. The summed E-state index contributed by atoms with van der Waals surface area (Å²) in [7, 11) is 1.95. The van der Waals surface area contributed by atoms with Crippen molar-refractivity contribution in [2.45, 2.75) is 6.04 Å². The van der Waals surface area contributed by atoms with E-state index >= 15 is 0 Å². The molecule has 4 heterocycles. The zero-order chi connectivity index (χ0) is 26.5. The van der Waals surface area contributed by atoms with Gasteiger partial charge in [-0.3, -0.25) is 0 Å². The van der Waals surface area contributed by atoms with E-state index in [2.05, 4.69) is 36.1 Å². The lowest BCUT2D eigenvalue weighted by molar-refractivity contribution is 0.626. The lowest BCUT2D eigenvalue weighted by Crippen LogP contribution is -2.16. The molecule has 1 unspecified atom stereocenters. The molecule has 0 aliphatic carbocycles. The first-order valence-electron chi connectivity index (χ1n) is 12.1. The number of halogens is 2. The van der Waals surface area contributed by atoms with Crippen LogP contribution in [0, 0.1) is 5.82 Å². The molecule has 9 nitrogen and oxygen atoms in total. The normalized spacial score (nSPS) is 12.4. The molecule has 0 fully saturated rings. The quantitative estimate of drug-likeness (QED) is 0.294. The Hall–Kier alpha value is -4.96. The van der Waals surface area contributed by atoms with Crippen LogP contribution in [0.5, 0.6) is 0 Å². The molecule has 0 radical (unpaired) electrons. The molecule has 39 heavy (non-hydrogen) atoms. The number of rotatable bonds is 5. The van der Waals surface area contributed by atoms with Crippen LogP contribution in [0.4, 0.5) is 4.39 Å². The van der Waals surface area contributed by atoms with Gasteiger partial charge in [-0.15, -0.1) is 0 Å². The summed E-state index contributed by atoms with van der Waals surface area (Å²) in [6, 6.07) is 19.7. The Kier molecular flexibility index (Phi) is 5.41. The Balaban J connectivity index is 1.49. The van der Waals surface area contributed by atoms with Crippen molar-refractivity contribution in [1.82, 2.24) is 44.1 Å². The van der Waals surface area contributed by atoms with E-state index in [1.807, 2.05) is 60.4 Å². The summed E-state index contributed by atoms with van der Waals surface area (Å²) < 4.78 is 19.4. The van der Waals surface area contributed by atoms with Gasteiger partial charge in [-0.25, -0.2) is 19.3 Å². The van der Waals surface area contributed by atoms with Crippen LogP contribution < -0.4 is 0 Å². The molecule has 0 N–H and O–H groups in total. The molecule has 0 aliphatic rings. The van der Waals surface area contributed by atoms with Crippen LogP contribution in [0.3, 0.4) is 0 Å². The molecular weight excluding hydrogens is 517 g/mol. The standard InChI is InChI=1S/C28H19ClFN9/c1-37-16-31-15-24(37)26(38-12-11-32-27(38)17-5-8-21(30)9-6-17)19-7-10-23-22(14-19)25(18-3-2-4-20(29)13-18)33-28-34-35-36-39(23)28/h2-16,26H,1H3. The first kappa shape index (κ1) is 23.2. The number of hydrogen-bond donors (Lipinski definition) is 0. The predicted molar refractivity (Wildman–Crippen MR) is 145 cm³/mol. The van der Waals surface area contributed by atoms with Crippen LogP contribution in [0.1, 0.15) is 17.3 Å². The molecule has 0 bridgehead atoms. The van der Waals surface area contributed by atoms with E-state index < -0.39 is 0 Å². The summed E-state index contributed by atoms with van der Waals surface area (Å²) in [6.45, 7) is 0. The number of imidazole rings is 2. The fourth-order valence-corrected chi connectivity index (χ4v) is 5.16. The minimum atomic E-state index is -0.304. The lowest BCUT2D eigenvalue weighted by Gasteiger charge is -2.23.